The molecule has 2 amide bonds. The van der Waals surface area contributed by atoms with Crippen molar-refractivity contribution in [2.45, 2.75) is 26.4 Å². The summed E-state index contributed by atoms with van der Waals surface area (Å²) >= 11 is 11.9. The molecular formula is C16H20Cl2N2O3. The summed E-state index contributed by atoms with van der Waals surface area (Å²) in [4.78, 5) is 27.8. The van der Waals surface area contributed by atoms with Crippen LogP contribution in [0.5, 0.6) is 0 Å². The molecule has 0 bridgehead atoms. The molecule has 1 aromatic carbocycles. The Kier molecular flexibility index (Phi) is 5.42. The third kappa shape index (κ3) is 5.01. The first-order valence-electron chi connectivity index (χ1n) is 7.39. The van der Waals surface area contributed by atoms with Crippen molar-refractivity contribution >= 4 is 35.2 Å². The third-order valence-electron chi connectivity index (χ3n) is 3.33. The Hall–Kier alpha value is -1.46. The zero-order valence-electron chi connectivity index (χ0n) is 13.4. The monoisotopic (exact) mass is 358 g/mol. The van der Waals surface area contributed by atoms with Gasteiger partial charge in [-0.05, 0) is 39.0 Å². The van der Waals surface area contributed by atoms with Crippen LogP contribution in [0.25, 0.3) is 0 Å². The molecular weight excluding hydrogens is 339 g/mol. The Morgan fingerprint density at radius 1 is 0.957 bits per heavy atom. The van der Waals surface area contributed by atoms with E-state index in [4.69, 9.17) is 27.9 Å². The van der Waals surface area contributed by atoms with Gasteiger partial charge in [-0.15, -0.1) is 0 Å². The van der Waals surface area contributed by atoms with Crippen molar-refractivity contribution in [2.75, 3.05) is 26.2 Å². The van der Waals surface area contributed by atoms with Crippen LogP contribution in [0.1, 0.15) is 31.1 Å². The number of carbonyl (C=O) groups is 2. The van der Waals surface area contributed by atoms with E-state index in [1.54, 1.807) is 28.0 Å². The number of amides is 2. The number of hydrogen-bond acceptors (Lipinski definition) is 3. The highest BCUT2D eigenvalue weighted by Gasteiger charge is 2.28. The van der Waals surface area contributed by atoms with Crippen molar-refractivity contribution in [3.8, 4) is 0 Å². The molecule has 0 atom stereocenters. The van der Waals surface area contributed by atoms with Gasteiger partial charge in [0.1, 0.15) is 5.60 Å². The van der Waals surface area contributed by atoms with Crippen molar-refractivity contribution in [1.82, 2.24) is 9.80 Å². The van der Waals surface area contributed by atoms with Gasteiger partial charge in [0.2, 0.25) is 0 Å². The van der Waals surface area contributed by atoms with Gasteiger partial charge >= 0.3 is 6.09 Å². The molecule has 1 heterocycles. The van der Waals surface area contributed by atoms with E-state index in [0.29, 0.717) is 41.8 Å². The summed E-state index contributed by atoms with van der Waals surface area (Å²) in [5.74, 6) is -0.141. The minimum Gasteiger partial charge on any atom is -0.444 e. The second-order valence-corrected chi connectivity index (χ2v) is 7.29. The van der Waals surface area contributed by atoms with Gasteiger partial charge in [-0.1, -0.05) is 23.2 Å². The average molecular weight is 359 g/mol. The summed E-state index contributed by atoms with van der Waals surface area (Å²) < 4.78 is 5.34. The first-order chi connectivity index (χ1) is 10.7. The number of hydrogen-bond donors (Lipinski definition) is 0. The summed E-state index contributed by atoms with van der Waals surface area (Å²) in [5.41, 5.74) is -0.0742. The van der Waals surface area contributed by atoms with Crippen LogP contribution in [0.15, 0.2) is 18.2 Å². The molecule has 2 rings (SSSR count). The summed E-state index contributed by atoms with van der Waals surface area (Å²) in [6.07, 6.45) is -0.351. The SMILES string of the molecule is CC(C)(C)OC(=O)N1CCN(C(=O)c2cc(Cl)cc(Cl)c2)CC1. The predicted molar refractivity (Wildman–Crippen MR) is 90.2 cm³/mol. The lowest BCUT2D eigenvalue weighted by Gasteiger charge is -2.35. The number of halogens is 2. The van der Waals surface area contributed by atoms with Gasteiger partial charge in [0, 0.05) is 41.8 Å². The number of benzene rings is 1. The fourth-order valence-electron chi connectivity index (χ4n) is 2.28. The average Bonchev–Trinajstić information content (AvgIpc) is 2.44. The van der Waals surface area contributed by atoms with Crippen molar-refractivity contribution < 1.29 is 14.3 Å². The molecule has 0 aromatic heterocycles. The van der Waals surface area contributed by atoms with Gasteiger partial charge in [0.25, 0.3) is 5.91 Å². The van der Waals surface area contributed by atoms with Gasteiger partial charge in [-0.3, -0.25) is 4.79 Å². The number of rotatable bonds is 1. The molecule has 0 saturated carbocycles. The van der Waals surface area contributed by atoms with Crippen LogP contribution in [0.3, 0.4) is 0 Å². The largest absolute Gasteiger partial charge is 0.444 e. The Balaban J connectivity index is 1.96. The Morgan fingerprint density at radius 2 is 1.43 bits per heavy atom. The lowest BCUT2D eigenvalue weighted by atomic mass is 10.2. The molecule has 0 radical (unpaired) electrons. The molecule has 1 aliphatic heterocycles. The van der Waals surface area contributed by atoms with Crippen molar-refractivity contribution in [3.05, 3.63) is 33.8 Å². The molecule has 0 N–H and O–H groups in total. The Bertz CT molecular complexity index is 586. The molecule has 1 aromatic rings. The molecule has 1 fully saturated rings. The number of nitrogens with zero attached hydrogens (tertiary/aromatic N) is 2. The molecule has 0 unspecified atom stereocenters. The standard InChI is InChI=1S/C16H20Cl2N2O3/c1-16(2,3)23-15(22)20-6-4-19(5-7-20)14(21)11-8-12(17)10-13(18)9-11/h8-10H,4-7H2,1-3H3. The predicted octanol–water partition coefficient (Wildman–Crippen LogP) is 3.69. The maximum Gasteiger partial charge on any atom is 0.410 e. The van der Waals surface area contributed by atoms with Crippen LogP contribution >= 0.6 is 23.2 Å². The molecule has 1 saturated heterocycles. The van der Waals surface area contributed by atoms with E-state index >= 15 is 0 Å². The van der Waals surface area contributed by atoms with Gasteiger partial charge < -0.3 is 14.5 Å². The summed E-state index contributed by atoms with van der Waals surface area (Å²) in [5, 5.41) is 0.849. The quantitative estimate of drug-likeness (QED) is 0.769. The lowest BCUT2D eigenvalue weighted by Crippen LogP contribution is -2.51. The molecule has 5 nitrogen and oxygen atoms in total. The number of piperazine rings is 1. The van der Waals surface area contributed by atoms with Crippen molar-refractivity contribution in [3.63, 3.8) is 0 Å². The minimum atomic E-state index is -0.526. The number of carbonyl (C=O) groups excluding carboxylic acids is 2. The fraction of sp³-hybridized carbons (Fsp3) is 0.500. The second kappa shape index (κ2) is 6.97. The minimum absolute atomic E-state index is 0.141. The maximum atomic E-state index is 12.5. The normalized spacial score (nSPS) is 15.5. The van der Waals surface area contributed by atoms with Gasteiger partial charge in [0.05, 0.1) is 0 Å². The summed E-state index contributed by atoms with van der Waals surface area (Å²) in [6, 6.07) is 4.77. The molecule has 126 valence electrons. The number of ether oxygens (including phenoxy) is 1. The second-order valence-electron chi connectivity index (χ2n) is 6.42. The summed E-state index contributed by atoms with van der Waals surface area (Å²) in [7, 11) is 0. The zero-order chi connectivity index (χ0) is 17.2. The lowest BCUT2D eigenvalue weighted by molar-refractivity contribution is 0.0141. The highest BCUT2D eigenvalue weighted by molar-refractivity contribution is 6.35. The Labute approximate surface area is 146 Å². The van der Waals surface area contributed by atoms with Crippen LogP contribution in [0.4, 0.5) is 4.79 Å². The smallest absolute Gasteiger partial charge is 0.410 e. The maximum absolute atomic E-state index is 12.5. The molecule has 0 aliphatic carbocycles. The molecule has 23 heavy (non-hydrogen) atoms. The Morgan fingerprint density at radius 3 is 1.91 bits per heavy atom. The molecule has 7 heteroatoms. The van der Waals surface area contributed by atoms with Crippen LogP contribution in [0, 0.1) is 0 Å². The van der Waals surface area contributed by atoms with E-state index in [1.807, 2.05) is 20.8 Å². The van der Waals surface area contributed by atoms with E-state index in [2.05, 4.69) is 0 Å². The zero-order valence-corrected chi connectivity index (χ0v) is 14.9. The van der Waals surface area contributed by atoms with E-state index in [-0.39, 0.29) is 12.0 Å². The van der Waals surface area contributed by atoms with Crippen LogP contribution in [-0.4, -0.2) is 53.6 Å². The van der Waals surface area contributed by atoms with E-state index in [0.717, 1.165) is 0 Å². The third-order valence-corrected chi connectivity index (χ3v) is 3.76. The van der Waals surface area contributed by atoms with Crippen molar-refractivity contribution in [1.29, 1.82) is 0 Å². The van der Waals surface area contributed by atoms with E-state index < -0.39 is 5.60 Å². The molecule has 1 aliphatic rings. The van der Waals surface area contributed by atoms with Crippen molar-refractivity contribution in [2.24, 2.45) is 0 Å². The van der Waals surface area contributed by atoms with Crippen LogP contribution in [-0.2, 0) is 4.74 Å². The van der Waals surface area contributed by atoms with Gasteiger partial charge in [-0.25, -0.2) is 4.79 Å². The van der Waals surface area contributed by atoms with Gasteiger partial charge in [0.15, 0.2) is 0 Å². The van der Waals surface area contributed by atoms with Crippen LogP contribution < -0.4 is 0 Å². The molecule has 0 spiro atoms. The topological polar surface area (TPSA) is 49.9 Å². The summed E-state index contributed by atoms with van der Waals surface area (Å²) in [6.45, 7) is 7.25. The van der Waals surface area contributed by atoms with Crippen LogP contribution in [0.2, 0.25) is 10.0 Å². The van der Waals surface area contributed by atoms with E-state index in [1.165, 1.54) is 0 Å². The highest BCUT2D eigenvalue weighted by atomic mass is 35.5. The highest BCUT2D eigenvalue weighted by Crippen LogP contribution is 2.21. The fourth-order valence-corrected chi connectivity index (χ4v) is 2.80. The van der Waals surface area contributed by atoms with E-state index in [9.17, 15) is 9.59 Å². The van der Waals surface area contributed by atoms with Gasteiger partial charge in [-0.2, -0.15) is 0 Å². The first kappa shape index (κ1) is 17.9. The first-order valence-corrected chi connectivity index (χ1v) is 8.14.